The molecule has 154 valence electrons. The second kappa shape index (κ2) is 8.17. The minimum Gasteiger partial charge on any atom is -0.366 e. The van der Waals surface area contributed by atoms with E-state index in [2.05, 4.69) is 27.1 Å². The number of nitrogens with zero attached hydrogens (tertiary/aromatic N) is 3. The van der Waals surface area contributed by atoms with Crippen molar-refractivity contribution in [1.29, 1.82) is 0 Å². The van der Waals surface area contributed by atoms with Gasteiger partial charge in [0.05, 0.1) is 22.6 Å². The zero-order valence-electron chi connectivity index (χ0n) is 15.6. The van der Waals surface area contributed by atoms with E-state index in [1.54, 1.807) is 0 Å². The number of anilines is 2. The van der Waals surface area contributed by atoms with Crippen molar-refractivity contribution in [3.8, 4) is 11.3 Å². The summed E-state index contributed by atoms with van der Waals surface area (Å²) in [4.78, 5) is 15.3. The van der Waals surface area contributed by atoms with Crippen molar-refractivity contribution in [1.82, 2.24) is 15.2 Å². The molecule has 0 unspecified atom stereocenters. The van der Waals surface area contributed by atoms with Crippen LogP contribution in [0.15, 0.2) is 54.2 Å². The van der Waals surface area contributed by atoms with E-state index in [1.807, 2.05) is 0 Å². The molecule has 0 aliphatic rings. The number of carbonyl (C=O) groups excluding carboxylic acids is 1. The summed E-state index contributed by atoms with van der Waals surface area (Å²) in [5.41, 5.74) is 5.95. The Balaban J connectivity index is 2.11. The Morgan fingerprint density at radius 3 is 2.60 bits per heavy atom. The highest BCUT2D eigenvalue weighted by atomic mass is 35.5. The summed E-state index contributed by atoms with van der Waals surface area (Å²) >= 11 is 5.93. The van der Waals surface area contributed by atoms with E-state index in [0.717, 1.165) is 6.26 Å². The first kappa shape index (κ1) is 21.3. The number of amides is 1. The van der Waals surface area contributed by atoms with Crippen LogP contribution in [0.2, 0.25) is 5.02 Å². The van der Waals surface area contributed by atoms with Crippen LogP contribution < -0.4 is 11.1 Å². The Bertz CT molecular complexity index is 1280. The highest BCUT2D eigenvalue weighted by Crippen LogP contribution is 2.30. The van der Waals surface area contributed by atoms with Crippen LogP contribution in [-0.4, -0.2) is 35.8 Å². The number of nitrogens with one attached hydrogen (secondary N) is 1. The molecule has 2 aromatic heterocycles. The molecule has 1 amide bonds. The second-order valence-corrected chi connectivity index (χ2v) is 8.61. The number of hydrogen-bond acceptors (Lipinski definition) is 7. The number of nitrogens with two attached hydrogens (primary N) is 1. The first-order valence-electron chi connectivity index (χ1n) is 8.31. The number of rotatable bonds is 6. The van der Waals surface area contributed by atoms with Gasteiger partial charge in [-0.3, -0.25) is 9.78 Å². The van der Waals surface area contributed by atoms with Crippen molar-refractivity contribution < 1.29 is 17.6 Å². The number of primary amides is 1. The van der Waals surface area contributed by atoms with E-state index in [0.29, 0.717) is 5.69 Å². The van der Waals surface area contributed by atoms with Crippen molar-refractivity contribution in [3.05, 3.63) is 65.7 Å². The molecule has 0 aliphatic carbocycles. The summed E-state index contributed by atoms with van der Waals surface area (Å²) in [6.07, 6.45) is 2.35. The normalized spacial score (nSPS) is 11.2. The molecule has 1 aromatic carbocycles. The van der Waals surface area contributed by atoms with Crippen LogP contribution in [0.25, 0.3) is 16.8 Å². The van der Waals surface area contributed by atoms with E-state index < -0.39 is 21.6 Å². The lowest BCUT2D eigenvalue weighted by Gasteiger charge is -2.12. The minimum atomic E-state index is -3.77. The minimum absolute atomic E-state index is 0.0171. The first-order chi connectivity index (χ1) is 14.1. The standard InChI is InChI=1S/C19H15ClFN5O3S/c1-10(18(22)27)15-8-12(5-6-23-15)24-17-9-16(25-26-19(17)30(2,28)29)13-7-11(20)3-4-14(13)21/h3-9H,1H2,2H3,(H2,22,27)(H,23,24,25). The molecule has 2 heterocycles. The Morgan fingerprint density at radius 1 is 1.20 bits per heavy atom. The largest absolute Gasteiger partial charge is 0.366 e. The molecule has 3 rings (SSSR count). The maximum absolute atomic E-state index is 14.2. The Labute approximate surface area is 176 Å². The van der Waals surface area contributed by atoms with E-state index in [1.165, 1.54) is 42.6 Å². The fourth-order valence-corrected chi connectivity index (χ4v) is 3.40. The van der Waals surface area contributed by atoms with Crippen molar-refractivity contribution in [2.45, 2.75) is 5.03 Å². The number of halogens is 2. The van der Waals surface area contributed by atoms with Gasteiger partial charge in [0.1, 0.15) is 5.82 Å². The molecule has 0 saturated carbocycles. The zero-order chi connectivity index (χ0) is 22.1. The van der Waals surface area contributed by atoms with E-state index >= 15 is 0 Å². The lowest BCUT2D eigenvalue weighted by molar-refractivity contribution is -0.112. The molecule has 3 N–H and O–H groups in total. The monoisotopic (exact) mass is 447 g/mol. The van der Waals surface area contributed by atoms with Gasteiger partial charge in [-0.25, -0.2) is 12.8 Å². The topological polar surface area (TPSA) is 128 Å². The molecule has 0 spiro atoms. The summed E-state index contributed by atoms with van der Waals surface area (Å²) in [5.74, 6) is -1.35. The van der Waals surface area contributed by atoms with Crippen molar-refractivity contribution >= 4 is 44.3 Å². The summed E-state index contributed by atoms with van der Waals surface area (Å²) in [5, 5.41) is 10.4. The number of pyridine rings is 1. The average molecular weight is 448 g/mol. The summed E-state index contributed by atoms with van der Waals surface area (Å²) in [6.45, 7) is 3.56. The second-order valence-electron chi connectivity index (χ2n) is 6.24. The predicted molar refractivity (Wildman–Crippen MR) is 111 cm³/mol. The number of hydrogen-bond donors (Lipinski definition) is 2. The summed E-state index contributed by atoms with van der Waals surface area (Å²) in [7, 11) is -3.77. The van der Waals surface area contributed by atoms with Crippen LogP contribution in [0, 0.1) is 5.82 Å². The van der Waals surface area contributed by atoms with Gasteiger partial charge in [0.25, 0.3) is 0 Å². The van der Waals surface area contributed by atoms with Gasteiger partial charge in [-0.05, 0) is 36.4 Å². The third-order valence-corrected chi connectivity index (χ3v) is 5.20. The van der Waals surface area contributed by atoms with Gasteiger partial charge in [-0.15, -0.1) is 10.2 Å². The number of aromatic nitrogens is 3. The van der Waals surface area contributed by atoms with E-state index in [9.17, 15) is 17.6 Å². The van der Waals surface area contributed by atoms with Gasteiger partial charge in [0, 0.05) is 28.7 Å². The Kier molecular flexibility index (Phi) is 5.81. The third-order valence-electron chi connectivity index (χ3n) is 3.96. The number of carbonyl (C=O) groups is 1. The van der Waals surface area contributed by atoms with Gasteiger partial charge in [0.15, 0.2) is 9.84 Å². The van der Waals surface area contributed by atoms with Crippen LogP contribution >= 0.6 is 11.6 Å². The van der Waals surface area contributed by atoms with Crippen LogP contribution in [0.3, 0.4) is 0 Å². The van der Waals surface area contributed by atoms with E-state index in [-0.39, 0.29) is 38.3 Å². The third kappa shape index (κ3) is 4.61. The maximum Gasteiger partial charge on any atom is 0.250 e. The molecule has 0 aliphatic heterocycles. The lowest BCUT2D eigenvalue weighted by atomic mass is 10.1. The molecule has 0 fully saturated rings. The molecule has 3 aromatic rings. The SMILES string of the molecule is C=C(C(N)=O)c1cc(Nc2cc(-c3cc(Cl)ccc3F)nnc2S(C)(=O)=O)ccn1. The smallest absolute Gasteiger partial charge is 0.250 e. The van der Waals surface area contributed by atoms with Crippen molar-refractivity contribution in [2.24, 2.45) is 5.73 Å². The van der Waals surface area contributed by atoms with Gasteiger partial charge in [-0.2, -0.15) is 0 Å². The molecule has 30 heavy (non-hydrogen) atoms. The Hall–Kier alpha value is -3.37. The highest BCUT2D eigenvalue weighted by molar-refractivity contribution is 7.90. The van der Waals surface area contributed by atoms with Crippen LogP contribution in [-0.2, 0) is 14.6 Å². The molecule has 0 atom stereocenters. The lowest BCUT2D eigenvalue weighted by Crippen LogP contribution is -2.13. The average Bonchev–Trinajstić information content (AvgIpc) is 2.68. The molecule has 0 saturated heterocycles. The maximum atomic E-state index is 14.2. The first-order valence-corrected chi connectivity index (χ1v) is 10.6. The highest BCUT2D eigenvalue weighted by Gasteiger charge is 2.20. The zero-order valence-corrected chi connectivity index (χ0v) is 17.1. The molecule has 11 heteroatoms. The summed E-state index contributed by atoms with van der Waals surface area (Å²) in [6, 6.07) is 8.22. The van der Waals surface area contributed by atoms with Crippen LogP contribution in [0.1, 0.15) is 5.69 Å². The fourth-order valence-electron chi connectivity index (χ4n) is 2.52. The summed E-state index contributed by atoms with van der Waals surface area (Å²) < 4.78 is 38.5. The molecule has 0 radical (unpaired) electrons. The molecular formula is C19H15ClFN5O3S. The van der Waals surface area contributed by atoms with Gasteiger partial charge in [0.2, 0.25) is 10.9 Å². The Morgan fingerprint density at radius 2 is 1.93 bits per heavy atom. The number of sulfone groups is 1. The van der Waals surface area contributed by atoms with Crippen molar-refractivity contribution in [3.63, 3.8) is 0 Å². The quantitative estimate of drug-likeness (QED) is 0.556. The molecule has 0 bridgehead atoms. The van der Waals surface area contributed by atoms with Crippen LogP contribution in [0.5, 0.6) is 0 Å². The molecular weight excluding hydrogens is 433 g/mol. The fraction of sp³-hybridized carbons (Fsp3) is 0.0526. The van der Waals surface area contributed by atoms with Gasteiger partial charge >= 0.3 is 0 Å². The van der Waals surface area contributed by atoms with Crippen LogP contribution in [0.4, 0.5) is 15.8 Å². The molecule has 8 nitrogen and oxygen atoms in total. The van der Waals surface area contributed by atoms with Gasteiger partial charge < -0.3 is 11.1 Å². The van der Waals surface area contributed by atoms with Crippen molar-refractivity contribution in [2.75, 3.05) is 11.6 Å². The van der Waals surface area contributed by atoms with E-state index in [4.69, 9.17) is 17.3 Å². The van der Waals surface area contributed by atoms with Gasteiger partial charge in [-0.1, -0.05) is 18.2 Å². The predicted octanol–water partition coefficient (Wildman–Crippen LogP) is 2.98. The number of benzene rings is 1.